The predicted molar refractivity (Wildman–Crippen MR) is 97.9 cm³/mol. The van der Waals surface area contributed by atoms with Crippen LogP contribution in [0.4, 0.5) is 0 Å². The van der Waals surface area contributed by atoms with Crippen molar-refractivity contribution >= 4 is 45.1 Å². The van der Waals surface area contributed by atoms with Crippen molar-refractivity contribution in [2.45, 2.75) is 6.54 Å². The average Bonchev–Trinajstić information content (AvgIpc) is 2.94. The van der Waals surface area contributed by atoms with Gasteiger partial charge in [-0.15, -0.1) is 11.3 Å². The molecule has 0 unspecified atom stereocenters. The van der Waals surface area contributed by atoms with Gasteiger partial charge in [-0.2, -0.15) is 5.10 Å². The fraction of sp³-hybridized carbons (Fsp3) is 0.312. The Labute approximate surface area is 148 Å². The molecule has 0 spiro atoms. The molecule has 0 bridgehead atoms. The number of hydrogen-bond acceptors (Lipinski definition) is 4. The molecular formula is C16H17BrClN3S. The van der Waals surface area contributed by atoms with Gasteiger partial charge in [-0.1, -0.05) is 29.8 Å². The van der Waals surface area contributed by atoms with Crippen LogP contribution in [0.1, 0.15) is 10.4 Å². The SMILES string of the molecule is Clc1ccccc1CN1CCN(/N=C/c2ccc(Br)s2)CC1. The van der Waals surface area contributed by atoms with Crippen molar-refractivity contribution in [1.82, 2.24) is 9.91 Å². The molecule has 1 aliphatic rings. The van der Waals surface area contributed by atoms with Crippen LogP contribution in [0.25, 0.3) is 0 Å². The lowest BCUT2D eigenvalue weighted by Crippen LogP contribution is -2.43. The molecule has 0 aliphatic carbocycles. The van der Waals surface area contributed by atoms with Gasteiger partial charge in [0.05, 0.1) is 10.0 Å². The van der Waals surface area contributed by atoms with E-state index in [9.17, 15) is 0 Å². The van der Waals surface area contributed by atoms with Gasteiger partial charge in [0.2, 0.25) is 0 Å². The fourth-order valence-electron chi connectivity index (χ4n) is 2.41. The smallest absolute Gasteiger partial charge is 0.0705 e. The van der Waals surface area contributed by atoms with Gasteiger partial charge < -0.3 is 0 Å². The molecule has 22 heavy (non-hydrogen) atoms. The Hall–Kier alpha value is -0.880. The first-order chi connectivity index (χ1) is 10.7. The first kappa shape index (κ1) is 16.0. The third-order valence-electron chi connectivity index (χ3n) is 3.64. The molecule has 1 aliphatic heterocycles. The standard InChI is InChI=1S/C16H17BrClN3S/c17-16-6-5-14(22-16)11-19-21-9-7-20(8-10-21)12-13-3-1-2-4-15(13)18/h1-6,11H,7-10,12H2/b19-11+. The van der Waals surface area contributed by atoms with Crippen molar-refractivity contribution in [3.05, 3.63) is 55.6 Å². The normalized spacial score (nSPS) is 16.5. The summed E-state index contributed by atoms with van der Waals surface area (Å²) >= 11 is 11.4. The Morgan fingerprint density at radius 3 is 2.59 bits per heavy atom. The minimum Gasteiger partial charge on any atom is -0.295 e. The Balaban J connectivity index is 1.50. The maximum absolute atomic E-state index is 6.23. The van der Waals surface area contributed by atoms with Gasteiger partial charge in [-0.3, -0.25) is 9.91 Å². The zero-order valence-corrected chi connectivity index (χ0v) is 15.2. The summed E-state index contributed by atoms with van der Waals surface area (Å²) in [5, 5.41) is 7.56. The summed E-state index contributed by atoms with van der Waals surface area (Å²) in [5.74, 6) is 0. The number of hydrogen-bond donors (Lipinski definition) is 0. The Kier molecular flexibility index (Phi) is 5.52. The van der Waals surface area contributed by atoms with E-state index < -0.39 is 0 Å². The van der Waals surface area contributed by atoms with Gasteiger partial charge >= 0.3 is 0 Å². The summed E-state index contributed by atoms with van der Waals surface area (Å²) < 4.78 is 1.14. The zero-order valence-electron chi connectivity index (χ0n) is 12.1. The van der Waals surface area contributed by atoms with E-state index in [1.165, 1.54) is 10.4 Å². The monoisotopic (exact) mass is 397 g/mol. The van der Waals surface area contributed by atoms with Gasteiger partial charge in [0.1, 0.15) is 0 Å². The summed E-state index contributed by atoms with van der Waals surface area (Å²) in [7, 11) is 0. The second-order valence-corrected chi connectivity index (χ2v) is 8.11. The van der Waals surface area contributed by atoms with E-state index in [0.29, 0.717) is 0 Å². The number of nitrogens with zero attached hydrogens (tertiary/aromatic N) is 3. The van der Waals surface area contributed by atoms with Crippen LogP contribution >= 0.6 is 38.9 Å². The molecule has 0 amide bonds. The van der Waals surface area contributed by atoms with Crippen LogP contribution in [0.5, 0.6) is 0 Å². The summed E-state index contributed by atoms with van der Waals surface area (Å²) in [6, 6.07) is 12.2. The lowest BCUT2D eigenvalue weighted by atomic mass is 10.2. The highest BCUT2D eigenvalue weighted by Crippen LogP contribution is 2.21. The third kappa shape index (κ3) is 4.32. The highest BCUT2D eigenvalue weighted by atomic mass is 79.9. The van der Waals surface area contributed by atoms with E-state index in [4.69, 9.17) is 11.6 Å². The lowest BCUT2D eigenvalue weighted by molar-refractivity contribution is 0.131. The number of halogens is 2. The van der Waals surface area contributed by atoms with E-state index in [-0.39, 0.29) is 0 Å². The number of rotatable bonds is 4. The molecular weight excluding hydrogens is 382 g/mol. The van der Waals surface area contributed by atoms with Crippen molar-refractivity contribution in [2.24, 2.45) is 5.10 Å². The van der Waals surface area contributed by atoms with Crippen LogP contribution in [-0.2, 0) is 6.54 Å². The third-order valence-corrected chi connectivity index (χ3v) is 5.57. The molecule has 0 atom stereocenters. The lowest BCUT2D eigenvalue weighted by Gasteiger charge is -2.33. The highest BCUT2D eigenvalue weighted by molar-refractivity contribution is 9.11. The number of hydrazone groups is 1. The summed E-state index contributed by atoms with van der Waals surface area (Å²) in [4.78, 5) is 3.60. The number of benzene rings is 1. The number of piperazine rings is 1. The van der Waals surface area contributed by atoms with Crippen LogP contribution in [0.15, 0.2) is 45.3 Å². The molecule has 1 aromatic heterocycles. The average molecular weight is 399 g/mol. The Bertz CT molecular complexity index is 650. The molecule has 116 valence electrons. The first-order valence-corrected chi connectivity index (χ1v) is 9.19. The second-order valence-electron chi connectivity index (χ2n) is 5.21. The molecule has 0 radical (unpaired) electrons. The van der Waals surface area contributed by atoms with E-state index in [1.807, 2.05) is 30.5 Å². The molecule has 3 nitrogen and oxygen atoms in total. The van der Waals surface area contributed by atoms with Crippen molar-refractivity contribution in [3.63, 3.8) is 0 Å². The van der Waals surface area contributed by atoms with Crippen LogP contribution < -0.4 is 0 Å². The van der Waals surface area contributed by atoms with Gasteiger partial charge in [0, 0.05) is 42.6 Å². The molecule has 2 heterocycles. The van der Waals surface area contributed by atoms with Crippen molar-refractivity contribution in [2.75, 3.05) is 26.2 Å². The van der Waals surface area contributed by atoms with E-state index >= 15 is 0 Å². The zero-order chi connectivity index (χ0) is 15.4. The summed E-state index contributed by atoms with van der Waals surface area (Å²) in [6.07, 6.45) is 1.94. The quantitative estimate of drug-likeness (QED) is 0.714. The Morgan fingerprint density at radius 1 is 1.14 bits per heavy atom. The maximum atomic E-state index is 6.23. The minimum atomic E-state index is 0.853. The van der Waals surface area contributed by atoms with Gasteiger partial charge in [0.25, 0.3) is 0 Å². The molecule has 3 rings (SSSR count). The first-order valence-electron chi connectivity index (χ1n) is 7.21. The summed E-state index contributed by atoms with van der Waals surface area (Å²) in [5.41, 5.74) is 1.20. The molecule has 1 aromatic carbocycles. The van der Waals surface area contributed by atoms with Gasteiger partial charge in [-0.25, -0.2) is 0 Å². The minimum absolute atomic E-state index is 0.853. The predicted octanol–water partition coefficient (Wildman–Crippen LogP) is 4.32. The van der Waals surface area contributed by atoms with Crippen LogP contribution in [0.2, 0.25) is 5.02 Å². The van der Waals surface area contributed by atoms with Crippen molar-refractivity contribution < 1.29 is 0 Å². The second kappa shape index (κ2) is 7.59. The summed E-state index contributed by atoms with van der Waals surface area (Å²) in [6.45, 7) is 4.84. The highest BCUT2D eigenvalue weighted by Gasteiger charge is 2.16. The van der Waals surface area contributed by atoms with E-state index in [2.05, 4.69) is 43.1 Å². The largest absolute Gasteiger partial charge is 0.295 e. The Morgan fingerprint density at radius 2 is 1.91 bits per heavy atom. The fourth-order valence-corrected chi connectivity index (χ4v) is 3.90. The maximum Gasteiger partial charge on any atom is 0.0705 e. The van der Waals surface area contributed by atoms with Crippen molar-refractivity contribution in [3.8, 4) is 0 Å². The molecule has 0 saturated carbocycles. The molecule has 2 aromatic rings. The van der Waals surface area contributed by atoms with Gasteiger partial charge in [-0.05, 0) is 39.7 Å². The van der Waals surface area contributed by atoms with Crippen LogP contribution in [0, 0.1) is 0 Å². The molecule has 0 N–H and O–H groups in total. The van der Waals surface area contributed by atoms with Crippen molar-refractivity contribution in [1.29, 1.82) is 0 Å². The molecule has 1 fully saturated rings. The van der Waals surface area contributed by atoms with E-state index in [0.717, 1.165) is 41.5 Å². The molecule has 1 saturated heterocycles. The molecule has 6 heteroatoms. The van der Waals surface area contributed by atoms with Gasteiger partial charge in [0.15, 0.2) is 0 Å². The van der Waals surface area contributed by atoms with Crippen LogP contribution in [0.3, 0.4) is 0 Å². The topological polar surface area (TPSA) is 18.8 Å². The van der Waals surface area contributed by atoms with Crippen LogP contribution in [-0.4, -0.2) is 42.3 Å². The number of thiophene rings is 1. The van der Waals surface area contributed by atoms with E-state index in [1.54, 1.807) is 11.3 Å².